The first-order chi connectivity index (χ1) is 23.3. The van der Waals surface area contributed by atoms with Crippen LogP contribution in [0, 0.1) is 46.3 Å². The Balaban J connectivity index is 0.00000650. The second-order valence-corrected chi connectivity index (χ2v) is 17.1. The van der Waals surface area contributed by atoms with Gasteiger partial charge in [0.05, 0.1) is 18.3 Å². The number of hydrogen-bond donors (Lipinski definition) is 4. The number of ether oxygens (including phenoxy) is 3. The first-order valence-corrected chi connectivity index (χ1v) is 21.0. The lowest BCUT2D eigenvalue weighted by atomic mass is 9.43. The lowest BCUT2D eigenvalue weighted by Gasteiger charge is -2.65. The SMILES string of the molecule is CCCCCCCCNCCC[C@@H](C)[C@H]1CC[C@H]2[C@@H]3[C@H](OCCCN)CC4C[C@H](OCCCN)CC[C@]4(C)[C@H]3C[C@H](OCCCN)[C@]12C.Cl.Cl.Cl.Cl. The zero-order valence-electron chi connectivity index (χ0n) is 33.7. The Morgan fingerprint density at radius 1 is 0.673 bits per heavy atom. The largest absolute Gasteiger partial charge is 0.378 e. The Labute approximate surface area is 345 Å². The average Bonchev–Trinajstić information content (AvgIpc) is 3.44. The van der Waals surface area contributed by atoms with Gasteiger partial charge in [-0.25, -0.2) is 0 Å². The van der Waals surface area contributed by atoms with Crippen LogP contribution in [0.4, 0.5) is 0 Å². The van der Waals surface area contributed by atoms with Crippen molar-refractivity contribution in [2.45, 2.75) is 162 Å². The van der Waals surface area contributed by atoms with E-state index in [0.717, 1.165) is 52.0 Å². The molecule has 0 spiro atoms. The van der Waals surface area contributed by atoms with Crippen LogP contribution >= 0.6 is 49.6 Å². The predicted octanol–water partition coefficient (Wildman–Crippen LogP) is 9.12. The van der Waals surface area contributed by atoms with E-state index in [9.17, 15) is 0 Å². The molecule has 1 unspecified atom stereocenters. The van der Waals surface area contributed by atoms with Gasteiger partial charge in [0.25, 0.3) is 0 Å². The van der Waals surface area contributed by atoms with Crippen molar-refractivity contribution in [1.82, 2.24) is 5.32 Å². The summed E-state index contributed by atoms with van der Waals surface area (Å²) >= 11 is 0. The van der Waals surface area contributed by atoms with E-state index in [-0.39, 0.29) is 55.0 Å². The third-order valence-electron chi connectivity index (χ3n) is 14.2. The van der Waals surface area contributed by atoms with Gasteiger partial charge in [0.2, 0.25) is 0 Å². The Bertz CT molecular complexity index is 899. The molecule has 11 heteroatoms. The number of nitrogens with two attached hydrogens (primary N) is 3. The van der Waals surface area contributed by atoms with Gasteiger partial charge in [-0.3, -0.25) is 0 Å². The molecule has 0 heterocycles. The maximum absolute atomic E-state index is 7.03. The molecule has 0 aliphatic heterocycles. The number of hydrogen-bond acceptors (Lipinski definition) is 7. The van der Waals surface area contributed by atoms with Gasteiger partial charge in [-0.05, 0) is 157 Å². The maximum atomic E-state index is 7.03. The van der Waals surface area contributed by atoms with Gasteiger partial charge < -0.3 is 36.7 Å². The van der Waals surface area contributed by atoms with Gasteiger partial charge in [0.1, 0.15) is 0 Å². The number of unbranched alkanes of at least 4 members (excludes halogenated alkanes) is 5. The van der Waals surface area contributed by atoms with Crippen LogP contribution in [0.25, 0.3) is 0 Å². The molecule has 4 aliphatic rings. The van der Waals surface area contributed by atoms with Crippen LogP contribution < -0.4 is 22.5 Å². The maximum Gasteiger partial charge on any atom is 0.0637 e. The van der Waals surface area contributed by atoms with Crippen molar-refractivity contribution in [3.05, 3.63) is 0 Å². The molecular formula is C41H84Cl4N4O3. The molecule has 4 aliphatic carbocycles. The van der Waals surface area contributed by atoms with Crippen molar-refractivity contribution in [3.8, 4) is 0 Å². The van der Waals surface area contributed by atoms with E-state index in [1.54, 1.807) is 0 Å². The lowest BCUT2D eigenvalue weighted by molar-refractivity contribution is -0.227. The molecule has 0 aromatic rings. The zero-order valence-corrected chi connectivity index (χ0v) is 36.9. The highest BCUT2D eigenvalue weighted by Gasteiger charge is 2.66. The highest BCUT2D eigenvalue weighted by Crippen LogP contribution is 2.69. The molecule has 4 saturated carbocycles. The molecule has 4 rings (SSSR count). The molecule has 314 valence electrons. The molecule has 0 aromatic carbocycles. The highest BCUT2D eigenvalue weighted by molar-refractivity contribution is 5.86. The van der Waals surface area contributed by atoms with E-state index in [2.05, 4.69) is 33.0 Å². The summed E-state index contributed by atoms with van der Waals surface area (Å²) in [6.45, 7) is 17.0. The average molecular weight is 823 g/mol. The van der Waals surface area contributed by atoms with Crippen molar-refractivity contribution in [1.29, 1.82) is 0 Å². The van der Waals surface area contributed by atoms with Gasteiger partial charge in [-0.2, -0.15) is 0 Å². The molecule has 0 saturated heterocycles. The van der Waals surface area contributed by atoms with Crippen LogP contribution in [0.2, 0.25) is 0 Å². The Morgan fingerprint density at radius 3 is 1.96 bits per heavy atom. The van der Waals surface area contributed by atoms with Crippen LogP contribution in [0.3, 0.4) is 0 Å². The number of fused-ring (bicyclic) bond motifs is 5. The minimum absolute atomic E-state index is 0. The summed E-state index contributed by atoms with van der Waals surface area (Å²) in [5.74, 6) is 3.92. The molecule has 0 aromatic heterocycles. The van der Waals surface area contributed by atoms with Crippen molar-refractivity contribution in [2.24, 2.45) is 63.5 Å². The van der Waals surface area contributed by atoms with Gasteiger partial charge in [0.15, 0.2) is 0 Å². The summed E-state index contributed by atoms with van der Waals surface area (Å²) < 4.78 is 20.4. The summed E-state index contributed by atoms with van der Waals surface area (Å²) in [5, 5.41) is 3.77. The van der Waals surface area contributed by atoms with Crippen molar-refractivity contribution in [3.63, 3.8) is 0 Å². The molecule has 52 heavy (non-hydrogen) atoms. The first-order valence-electron chi connectivity index (χ1n) is 21.0. The minimum Gasteiger partial charge on any atom is -0.378 e. The molecular weight excluding hydrogens is 738 g/mol. The van der Waals surface area contributed by atoms with Crippen LogP contribution in [-0.2, 0) is 14.2 Å². The zero-order chi connectivity index (χ0) is 34.4. The quantitative estimate of drug-likeness (QED) is 0.0718. The van der Waals surface area contributed by atoms with Crippen molar-refractivity contribution in [2.75, 3.05) is 52.5 Å². The highest BCUT2D eigenvalue weighted by atomic mass is 35.5. The number of rotatable bonds is 24. The third-order valence-corrected chi connectivity index (χ3v) is 14.2. The molecule has 7 nitrogen and oxygen atoms in total. The summed E-state index contributed by atoms with van der Waals surface area (Å²) in [6.07, 6.45) is 23.2. The first kappa shape index (κ1) is 52.9. The van der Waals surface area contributed by atoms with Crippen LogP contribution in [-0.4, -0.2) is 70.9 Å². The van der Waals surface area contributed by atoms with E-state index in [1.165, 1.54) is 96.4 Å². The number of nitrogens with one attached hydrogen (secondary N) is 1. The van der Waals surface area contributed by atoms with Crippen LogP contribution in [0.15, 0.2) is 0 Å². The second kappa shape index (κ2) is 27.5. The van der Waals surface area contributed by atoms with Gasteiger partial charge in [-0.15, -0.1) is 49.6 Å². The fourth-order valence-electron chi connectivity index (χ4n) is 11.5. The van der Waals surface area contributed by atoms with E-state index in [4.69, 9.17) is 31.4 Å². The van der Waals surface area contributed by atoms with Crippen LogP contribution in [0.5, 0.6) is 0 Å². The molecule has 4 fully saturated rings. The van der Waals surface area contributed by atoms with Gasteiger partial charge in [-0.1, -0.05) is 59.8 Å². The summed E-state index contributed by atoms with van der Waals surface area (Å²) in [4.78, 5) is 0. The summed E-state index contributed by atoms with van der Waals surface area (Å²) in [7, 11) is 0. The van der Waals surface area contributed by atoms with E-state index < -0.39 is 0 Å². The lowest BCUT2D eigenvalue weighted by Crippen LogP contribution is -2.63. The van der Waals surface area contributed by atoms with Gasteiger partial charge >= 0.3 is 0 Å². The van der Waals surface area contributed by atoms with Crippen molar-refractivity contribution >= 4 is 49.6 Å². The molecule has 0 radical (unpaired) electrons. The Hall–Kier alpha value is 0.880. The monoisotopic (exact) mass is 821 g/mol. The predicted molar refractivity (Wildman–Crippen MR) is 230 cm³/mol. The van der Waals surface area contributed by atoms with E-state index in [0.29, 0.717) is 78.9 Å². The van der Waals surface area contributed by atoms with Crippen LogP contribution in [0.1, 0.15) is 143 Å². The Kier molecular flexibility index (Phi) is 28.0. The van der Waals surface area contributed by atoms with Crippen molar-refractivity contribution < 1.29 is 14.2 Å². The second-order valence-electron chi connectivity index (χ2n) is 17.1. The Morgan fingerprint density at radius 2 is 1.29 bits per heavy atom. The number of halogens is 4. The molecule has 7 N–H and O–H groups in total. The topological polar surface area (TPSA) is 118 Å². The smallest absolute Gasteiger partial charge is 0.0637 e. The normalized spacial score (nSPS) is 34.0. The molecule has 0 bridgehead atoms. The van der Waals surface area contributed by atoms with E-state index >= 15 is 0 Å². The molecule has 0 amide bonds. The molecule has 11 atom stereocenters. The van der Waals surface area contributed by atoms with Gasteiger partial charge in [0, 0.05) is 25.2 Å². The third kappa shape index (κ3) is 13.5. The fraction of sp³-hybridized carbons (Fsp3) is 1.00. The summed E-state index contributed by atoms with van der Waals surface area (Å²) in [5.41, 5.74) is 18.3. The summed E-state index contributed by atoms with van der Waals surface area (Å²) in [6, 6.07) is 0. The minimum atomic E-state index is 0. The van der Waals surface area contributed by atoms with E-state index in [1.807, 2.05) is 0 Å². The standard InChI is InChI=1S/C41H80N4O3.4ClH/c1-5-6-7-8-9-10-23-45-24-11-15-31(2)34-16-17-35-39-36(30-38(41(34,35)4)48-27-14-22-44)40(3)19-18-33(46-25-12-20-42)28-32(40)29-37(39)47-26-13-21-43;;;;/h31-39,45H,5-30,42-44H2,1-4H3;4*1H/t31-,32?,33-,34-,35+,36+,37-,38+,39+,40+,41-;;;;/m1..../s1. The fourth-order valence-corrected chi connectivity index (χ4v) is 11.5.